The van der Waals surface area contributed by atoms with E-state index in [2.05, 4.69) is 22.2 Å². The lowest BCUT2D eigenvalue weighted by atomic mass is 10.0. The number of aromatic nitrogens is 2. The molecule has 0 aliphatic carbocycles. The van der Waals surface area contributed by atoms with Crippen LogP contribution >= 0.6 is 0 Å². The molecule has 2 aromatic heterocycles. The summed E-state index contributed by atoms with van der Waals surface area (Å²) in [6.45, 7) is 3.00. The first-order valence-electron chi connectivity index (χ1n) is 6.14. The van der Waals surface area contributed by atoms with E-state index in [1.54, 1.807) is 6.20 Å². The molecule has 0 fully saturated rings. The van der Waals surface area contributed by atoms with Crippen LogP contribution in [-0.2, 0) is 6.42 Å². The number of nitrogens with zero attached hydrogens (tertiary/aromatic N) is 2. The number of likely N-dealkylation sites (N-methyl/N-ethyl adjacent to an activating group) is 1. The summed E-state index contributed by atoms with van der Waals surface area (Å²) in [5.74, 6) is 0.559. The average Bonchev–Trinajstić information content (AvgIpc) is 2.39. The first-order chi connectivity index (χ1) is 8.79. The first-order valence-corrected chi connectivity index (χ1v) is 6.14. The molecule has 0 radical (unpaired) electrons. The molecule has 1 atom stereocenters. The minimum atomic E-state index is 0.206. The molecule has 0 aliphatic heterocycles. The Balaban J connectivity index is 2.16. The van der Waals surface area contributed by atoms with E-state index in [-0.39, 0.29) is 6.04 Å². The molecular formula is C14H18N4. The van der Waals surface area contributed by atoms with E-state index in [0.717, 1.165) is 18.7 Å². The summed E-state index contributed by atoms with van der Waals surface area (Å²) < 4.78 is 0. The second-order valence-electron chi connectivity index (χ2n) is 4.16. The molecule has 0 amide bonds. The van der Waals surface area contributed by atoms with Crippen molar-refractivity contribution < 1.29 is 0 Å². The normalized spacial score (nSPS) is 12.3. The van der Waals surface area contributed by atoms with Crippen LogP contribution in [0.4, 0.5) is 5.82 Å². The van der Waals surface area contributed by atoms with Crippen LogP contribution < -0.4 is 11.1 Å². The van der Waals surface area contributed by atoms with Crippen molar-refractivity contribution in [3.8, 4) is 0 Å². The van der Waals surface area contributed by atoms with Crippen molar-refractivity contribution in [2.75, 3.05) is 12.3 Å². The number of hydrogen-bond acceptors (Lipinski definition) is 4. The van der Waals surface area contributed by atoms with E-state index in [0.29, 0.717) is 5.82 Å². The fraction of sp³-hybridized carbons (Fsp3) is 0.286. The molecule has 2 aromatic rings. The van der Waals surface area contributed by atoms with Gasteiger partial charge in [0.15, 0.2) is 0 Å². The zero-order valence-electron chi connectivity index (χ0n) is 10.5. The van der Waals surface area contributed by atoms with E-state index in [9.17, 15) is 0 Å². The van der Waals surface area contributed by atoms with Gasteiger partial charge in [0.05, 0.1) is 11.7 Å². The molecule has 4 nitrogen and oxygen atoms in total. The third kappa shape index (κ3) is 3.28. The Bertz CT molecular complexity index is 484. The van der Waals surface area contributed by atoms with Crippen molar-refractivity contribution in [3.63, 3.8) is 0 Å². The molecule has 0 saturated carbocycles. The molecule has 1 unspecified atom stereocenters. The zero-order valence-corrected chi connectivity index (χ0v) is 10.5. The highest BCUT2D eigenvalue weighted by atomic mass is 14.9. The van der Waals surface area contributed by atoms with Crippen molar-refractivity contribution in [1.82, 2.24) is 15.3 Å². The maximum absolute atomic E-state index is 5.70. The Morgan fingerprint density at radius 1 is 1.22 bits per heavy atom. The lowest BCUT2D eigenvalue weighted by molar-refractivity contribution is 0.536. The number of nitrogens with one attached hydrogen (secondary N) is 1. The molecule has 2 heterocycles. The Labute approximate surface area is 107 Å². The predicted molar refractivity (Wildman–Crippen MR) is 73.0 cm³/mol. The Morgan fingerprint density at radius 2 is 2.11 bits per heavy atom. The third-order valence-electron chi connectivity index (χ3n) is 2.78. The molecule has 2 rings (SSSR count). The van der Waals surface area contributed by atoms with Gasteiger partial charge in [-0.2, -0.15) is 0 Å². The lowest BCUT2D eigenvalue weighted by Gasteiger charge is -2.17. The number of rotatable bonds is 5. The standard InChI is InChI=1S/C14H18N4/c1-2-16-13(12-5-3-4-7-17-12)9-11-6-8-18-14(15)10-11/h3-8,10,13,16H,2,9H2,1H3,(H2,15,18). The summed E-state index contributed by atoms with van der Waals surface area (Å²) in [6.07, 6.45) is 4.42. The van der Waals surface area contributed by atoms with Gasteiger partial charge in [0, 0.05) is 12.4 Å². The molecular weight excluding hydrogens is 224 g/mol. The average molecular weight is 242 g/mol. The predicted octanol–water partition coefficient (Wildman–Crippen LogP) is 1.95. The first kappa shape index (κ1) is 12.5. The molecule has 0 spiro atoms. The van der Waals surface area contributed by atoms with Gasteiger partial charge in [0.1, 0.15) is 5.82 Å². The van der Waals surface area contributed by atoms with Gasteiger partial charge in [0.25, 0.3) is 0 Å². The molecule has 0 aromatic carbocycles. The van der Waals surface area contributed by atoms with Crippen LogP contribution in [0.15, 0.2) is 42.7 Å². The molecule has 0 aliphatic rings. The lowest BCUT2D eigenvalue weighted by Crippen LogP contribution is -2.23. The Morgan fingerprint density at radius 3 is 2.78 bits per heavy atom. The van der Waals surface area contributed by atoms with Gasteiger partial charge < -0.3 is 11.1 Å². The van der Waals surface area contributed by atoms with Crippen LogP contribution in [0, 0.1) is 0 Å². The number of hydrogen-bond donors (Lipinski definition) is 2. The second kappa shape index (κ2) is 6.12. The maximum Gasteiger partial charge on any atom is 0.123 e. The number of anilines is 1. The van der Waals surface area contributed by atoms with Crippen LogP contribution in [0.3, 0.4) is 0 Å². The molecule has 4 heteroatoms. The number of pyridine rings is 2. The van der Waals surface area contributed by atoms with Crippen LogP contribution in [0.2, 0.25) is 0 Å². The van der Waals surface area contributed by atoms with Gasteiger partial charge in [-0.3, -0.25) is 4.98 Å². The van der Waals surface area contributed by atoms with Crippen molar-refractivity contribution in [2.45, 2.75) is 19.4 Å². The summed E-state index contributed by atoms with van der Waals surface area (Å²) >= 11 is 0. The summed E-state index contributed by atoms with van der Waals surface area (Å²) in [5, 5.41) is 3.44. The fourth-order valence-electron chi connectivity index (χ4n) is 1.97. The largest absolute Gasteiger partial charge is 0.384 e. The highest BCUT2D eigenvalue weighted by Gasteiger charge is 2.12. The van der Waals surface area contributed by atoms with Gasteiger partial charge in [0.2, 0.25) is 0 Å². The molecule has 0 saturated heterocycles. The smallest absolute Gasteiger partial charge is 0.123 e. The van der Waals surface area contributed by atoms with Gasteiger partial charge >= 0.3 is 0 Å². The van der Waals surface area contributed by atoms with E-state index < -0.39 is 0 Å². The Hall–Kier alpha value is -1.94. The molecule has 0 bridgehead atoms. The minimum Gasteiger partial charge on any atom is -0.384 e. The quantitative estimate of drug-likeness (QED) is 0.841. The van der Waals surface area contributed by atoms with Gasteiger partial charge in [-0.1, -0.05) is 13.0 Å². The van der Waals surface area contributed by atoms with E-state index in [1.165, 1.54) is 5.56 Å². The van der Waals surface area contributed by atoms with Gasteiger partial charge in [-0.15, -0.1) is 0 Å². The SMILES string of the molecule is CCNC(Cc1ccnc(N)c1)c1ccccn1. The summed E-state index contributed by atoms with van der Waals surface area (Å²) in [4.78, 5) is 8.41. The zero-order chi connectivity index (χ0) is 12.8. The fourth-order valence-corrected chi connectivity index (χ4v) is 1.97. The highest BCUT2D eigenvalue weighted by Crippen LogP contribution is 2.16. The van der Waals surface area contributed by atoms with Crippen molar-refractivity contribution in [3.05, 3.63) is 54.0 Å². The van der Waals surface area contributed by atoms with Crippen LogP contribution in [0.1, 0.15) is 24.2 Å². The topological polar surface area (TPSA) is 63.8 Å². The number of nitrogens with two attached hydrogens (primary N) is 1. The van der Waals surface area contributed by atoms with Crippen LogP contribution in [0.25, 0.3) is 0 Å². The van der Waals surface area contributed by atoms with Gasteiger partial charge in [-0.05, 0) is 42.8 Å². The van der Waals surface area contributed by atoms with Gasteiger partial charge in [-0.25, -0.2) is 4.98 Å². The van der Waals surface area contributed by atoms with Crippen molar-refractivity contribution in [2.24, 2.45) is 0 Å². The number of nitrogen functional groups attached to an aromatic ring is 1. The second-order valence-corrected chi connectivity index (χ2v) is 4.16. The summed E-state index contributed by atoms with van der Waals surface area (Å²) in [7, 11) is 0. The van der Waals surface area contributed by atoms with Crippen molar-refractivity contribution in [1.29, 1.82) is 0 Å². The van der Waals surface area contributed by atoms with E-state index in [1.807, 2.05) is 36.5 Å². The summed E-state index contributed by atoms with van der Waals surface area (Å²) in [6, 6.07) is 10.1. The highest BCUT2D eigenvalue weighted by molar-refractivity contribution is 5.32. The molecule has 3 N–H and O–H groups in total. The minimum absolute atomic E-state index is 0.206. The third-order valence-corrected chi connectivity index (χ3v) is 2.78. The molecule has 94 valence electrons. The van der Waals surface area contributed by atoms with Crippen LogP contribution in [-0.4, -0.2) is 16.5 Å². The maximum atomic E-state index is 5.70. The Kier molecular flexibility index (Phi) is 4.25. The van der Waals surface area contributed by atoms with E-state index in [4.69, 9.17) is 5.73 Å². The van der Waals surface area contributed by atoms with E-state index >= 15 is 0 Å². The molecule has 18 heavy (non-hydrogen) atoms. The van der Waals surface area contributed by atoms with Crippen LogP contribution in [0.5, 0.6) is 0 Å². The monoisotopic (exact) mass is 242 g/mol. The van der Waals surface area contributed by atoms with Crippen molar-refractivity contribution >= 4 is 5.82 Å². The summed E-state index contributed by atoms with van der Waals surface area (Å²) in [5.41, 5.74) is 7.92.